The van der Waals surface area contributed by atoms with Gasteiger partial charge in [-0.1, -0.05) is 12.1 Å². The van der Waals surface area contributed by atoms with Gasteiger partial charge in [-0.15, -0.1) is 0 Å². The molecule has 0 spiro atoms. The first-order valence-electron chi connectivity index (χ1n) is 10.4. The molecule has 7 nitrogen and oxygen atoms in total. The molecule has 0 atom stereocenters. The van der Waals surface area contributed by atoms with E-state index in [1.165, 1.54) is 24.3 Å². The number of rotatable bonds is 9. The second-order valence-corrected chi connectivity index (χ2v) is 7.40. The number of halogens is 3. The highest BCUT2D eigenvalue weighted by Gasteiger charge is 2.30. The number of carbonyl (C=O) groups is 3. The van der Waals surface area contributed by atoms with E-state index in [1.807, 2.05) is 13.8 Å². The van der Waals surface area contributed by atoms with Crippen LogP contribution in [0.5, 0.6) is 0 Å². The van der Waals surface area contributed by atoms with E-state index >= 15 is 0 Å². The third kappa shape index (κ3) is 7.90. The lowest BCUT2D eigenvalue weighted by atomic mass is 10.1. The quantitative estimate of drug-likeness (QED) is 0.593. The van der Waals surface area contributed by atoms with E-state index in [0.29, 0.717) is 18.8 Å². The number of nitrogens with zero attached hydrogens (tertiary/aromatic N) is 2. The molecule has 2 aromatic rings. The van der Waals surface area contributed by atoms with Crippen LogP contribution in [0.1, 0.15) is 29.8 Å². The van der Waals surface area contributed by atoms with Gasteiger partial charge >= 0.3 is 6.18 Å². The molecular formula is C23H27F3N4O3. The Bertz CT molecular complexity index is 991. The summed E-state index contributed by atoms with van der Waals surface area (Å²) in [6, 6.07) is 10.3. The molecule has 2 rings (SSSR count). The number of nitrogens with one attached hydrogen (secondary N) is 2. The van der Waals surface area contributed by atoms with Crippen molar-refractivity contribution in [3.05, 3.63) is 59.7 Å². The Morgan fingerprint density at radius 1 is 0.879 bits per heavy atom. The fraction of sp³-hybridized carbons (Fsp3) is 0.348. The van der Waals surface area contributed by atoms with Gasteiger partial charge < -0.3 is 15.5 Å². The van der Waals surface area contributed by atoms with Crippen LogP contribution >= 0.6 is 0 Å². The normalized spacial score (nSPS) is 11.2. The number of alkyl halides is 3. The first-order valence-corrected chi connectivity index (χ1v) is 10.4. The van der Waals surface area contributed by atoms with Crippen molar-refractivity contribution in [1.29, 1.82) is 0 Å². The van der Waals surface area contributed by atoms with Gasteiger partial charge in [0.15, 0.2) is 0 Å². The van der Waals surface area contributed by atoms with Crippen LogP contribution < -0.4 is 10.6 Å². The number of hydrogen-bond acceptors (Lipinski definition) is 4. The molecule has 0 aliphatic rings. The molecule has 3 amide bonds. The highest BCUT2D eigenvalue weighted by atomic mass is 19.4. The van der Waals surface area contributed by atoms with Gasteiger partial charge in [0.1, 0.15) is 0 Å². The van der Waals surface area contributed by atoms with Crippen LogP contribution in [-0.4, -0.2) is 60.7 Å². The fourth-order valence-electron chi connectivity index (χ4n) is 3.12. The van der Waals surface area contributed by atoms with Crippen molar-refractivity contribution in [2.24, 2.45) is 0 Å². The number of carbonyl (C=O) groups excluding carboxylic acids is 3. The predicted molar refractivity (Wildman–Crippen MR) is 120 cm³/mol. The zero-order chi connectivity index (χ0) is 24.6. The lowest BCUT2D eigenvalue weighted by molar-refractivity contribution is -0.137. The second kappa shape index (κ2) is 11.5. The van der Waals surface area contributed by atoms with Gasteiger partial charge in [0, 0.05) is 30.0 Å². The van der Waals surface area contributed by atoms with E-state index in [4.69, 9.17) is 0 Å². The Kier molecular flexibility index (Phi) is 8.98. The first-order chi connectivity index (χ1) is 15.5. The lowest BCUT2D eigenvalue weighted by Crippen LogP contribution is -2.41. The Hall–Kier alpha value is -3.40. The molecule has 0 aromatic heterocycles. The summed E-state index contributed by atoms with van der Waals surface area (Å²) in [5.41, 5.74) is -0.357. The summed E-state index contributed by atoms with van der Waals surface area (Å²) in [7, 11) is 1.65. The molecule has 0 aliphatic heterocycles. The summed E-state index contributed by atoms with van der Waals surface area (Å²) >= 11 is 0. The summed E-state index contributed by atoms with van der Waals surface area (Å²) in [5.74, 6) is -1.07. The third-order valence-corrected chi connectivity index (χ3v) is 4.79. The minimum absolute atomic E-state index is 0.00348. The topological polar surface area (TPSA) is 81.8 Å². The molecule has 0 saturated heterocycles. The van der Waals surface area contributed by atoms with Crippen LogP contribution in [0.15, 0.2) is 48.5 Å². The SMILES string of the molecule is CCN(CC)C(=O)CN(C)CC(=O)Nc1cccc(C(=O)Nc2cccc(C(F)(F)F)c2)c1. The average molecular weight is 464 g/mol. The van der Waals surface area contributed by atoms with E-state index in [2.05, 4.69) is 10.6 Å². The fourth-order valence-corrected chi connectivity index (χ4v) is 3.12. The van der Waals surface area contributed by atoms with E-state index < -0.39 is 17.6 Å². The van der Waals surface area contributed by atoms with E-state index in [-0.39, 0.29) is 36.2 Å². The largest absolute Gasteiger partial charge is 0.416 e. The van der Waals surface area contributed by atoms with Gasteiger partial charge in [0.2, 0.25) is 11.8 Å². The van der Waals surface area contributed by atoms with Crippen LogP contribution in [0.25, 0.3) is 0 Å². The minimum atomic E-state index is -4.52. The molecular weight excluding hydrogens is 437 g/mol. The van der Waals surface area contributed by atoms with Crippen LogP contribution in [0.4, 0.5) is 24.5 Å². The lowest BCUT2D eigenvalue weighted by Gasteiger charge is -2.22. The molecule has 2 N–H and O–H groups in total. The molecule has 33 heavy (non-hydrogen) atoms. The number of hydrogen-bond donors (Lipinski definition) is 2. The number of benzene rings is 2. The Morgan fingerprint density at radius 2 is 1.48 bits per heavy atom. The molecule has 178 valence electrons. The molecule has 0 radical (unpaired) electrons. The predicted octanol–water partition coefficient (Wildman–Crippen LogP) is 3.70. The summed E-state index contributed by atoms with van der Waals surface area (Å²) in [5, 5.41) is 5.08. The van der Waals surface area contributed by atoms with Gasteiger partial charge in [-0.05, 0) is 57.3 Å². The van der Waals surface area contributed by atoms with Gasteiger partial charge in [-0.2, -0.15) is 13.2 Å². The van der Waals surface area contributed by atoms with Gasteiger partial charge in [0.05, 0.1) is 18.7 Å². The van der Waals surface area contributed by atoms with Crippen molar-refractivity contribution in [2.75, 3.05) is 43.9 Å². The maximum absolute atomic E-state index is 12.9. The van der Waals surface area contributed by atoms with Crippen molar-refractivity contribution in [1.82, 2.24) is 9.80 Å². The van der Waals surface area contributed by atoms with Crippen LogP contribution in [0.2, 0.25) is 0 Å². The molecule has 0 heterocycles. The molecule has 10 heteroatoms. The highest BCUT2D eigenvalue weighted by Crippen LogP contribution is 2.30. The maximum atomic E-state index is 12.9. The standard InChI is InChI=1S/C23H27F3N4O3/c1-4-30(5-2)21(32)15-29(3)14-20(31)27-18-10-6-8-16(12-18)22(33)28-19-11-7-9-17(13-19)23(24,25)26/h6-13H,4-5,14-15H2,1-3H3,(H,27,31)(H,28,33). The maximum Gasteiger partial charge on any atom is 0.416 e. The molecule has 0 unspecified atom stereocenters. The Morgan fingerprint density at radius 3 is 2.09 bits per heavy atom. The van der Waals surface area contributed by atoms with Gasteiger partial charge in [-0.3, -0.25) is 19.3 Å². The molecule has 2 aromatic carbocycles. The average Bonchev–Trinajstić information content (AvgIpc) is 2.74. The number of amides is 3. The molecule has 0 fully saturated rings. The summed E-state index contributed by atoms with van der Waals surface area (Å²) in [6.45, 7) is 4.99. The van der Waals surface area contributed by atoms with Crippen molar-refractivity contribution in [2.45, 2.75) is 20.0 Å². The molecule has 0 saturated carbocycles. The van der Waals surface area contributed by atoms with E-state index in [9.17, 15) is 27.6 Å². The van der Waals surface area contributed by atoms with Gasteiger partial charge in [-0.25, -0.2) is 0 Å². The van der Waals surface area contributed by atoms with Crippen LogP contribution in [0.3, 0.4) is 0 Å². The van der Waals surface area contributed by atoms with E-state index in [0.717, 1.165) is 12.1 Å². The van der Waals surface area contributed by atoms with Crippen molar-refractivity contribution in [3.8, 4) is 0 Å². The smallest absolute Gasteiger partial charge is 0.342 e. The van der Waals surface area contributed by atoms with Crippen LogP contribution in [0, 0.1) is 0 Å². The Labute approximate surface area is 190 Å². The minimum Gasteiger partial charge on any atom is -0.342 e. The summed E-state index contributed by atoms with van der Waals surface area (Å²) < 4.78 is 38.6. The third-order valence-electron chi connectivity index (χ3n) is 4.79. The zero-order valence-corrected chi connectivity index (χ0v) is 18.7. The van der Waals surface area contributed by atoms with E-state index in [1.54, 1.807) is 29.0 Å². The molecule has 0 bridgehead atoms. The van der Waals surface area contributed by atoms with Crippen molar-refractivity contribution < 1.29 is 27.6 Å². The summed E-state index contributed by atoms with van der Waals surface area (Å²) in [4.78, 5) is 40.2. The van der Waals surface area contributed by atoms with Crippen molar-refractivity contribution in [3.63, 3.8) is 0 Å². The molecule has 0 aliphatic carbocycles. The summed E-state index contributed by atoms with van der Waals surface area (Å²) in [6.07, 6.45) is -4.52. The monoisotopic (exact) mass is 464 g/mol. The Balaban J connectivity index is 1.98. The van der Waals surface area contributed by atoms with Crippen LogP contribution in [-0.2, 0) is 15.8 Å². The number of anilines is 2. The second-order valence-electron chi connectivity index (χ2n) is 7.40. The zero-order valence-electron chi connectivity index (χ0n) is 18.7. The number of likely N-dealkylation sites (N-methyl/N-ethyl adjacent to an activating group) is 2. The first kappa shape index (κ1) is 25.9. The highest BCUT2D eigenvalue weighted by molar-refractivity contribution is 6.05. The van der Waals surface area contributed by atoms with Crippen molar-refractivity contribution >= 4 is 29.1 Å². The van der Waals surface area contributed by atoms with Gasteiger partial charge in [0.25, 0.3) is 5.91 Å².